The molecule has 1 N–H and O–H groups in total. The van der Waals surface area contributed by atoms with Crippen molar-refractivity contribution in [3.8, 4) is 11.5 Å². The highest BCUT2D eigenvalue weighted by atomic mass is 79.9. The molecule has 1 heterocycles. The zero-order chi connectivity index (χ0) is 29.6. The van der Waals surface area contributed by atoms with Crippen LogP contribution in [0.4, 0.5) is 5.69 Å². The normalized spacial score (nSPS) is 13.1. The fourth-order valence-electron chi connectivity index (χ4n) is 4.46. The second-order valence-electron chi connectivity index (χ2n) is 10.3. The Morgan fingerprint density at radius 1 is 0.951 bits per heavy atom. The summed E-state index contributed by atoms with van der Waals surface area (Å²) in [6, 6.07) is 20.7. The number of carbonyl (C=O) groups excluding carboxylic acids is 2. The Morgan fingerprint density at radius 2 is 1.66 bits per heavy atom. The molecule has 3 aromatic rings. The molecule has 4 rings (SSSR count). The van der Waals surface area contributed by atoms with Gasteiger partial charge in [-0.2, -0.15) is 0 Å². The summed E-state index contributed by atoms with van der Waals surface area (Å²) in [6.07, 6.45) is 1.30. The van der Waals surface area contributed by atoms with Crippen LogP contribution in [0.3, 0.4) is 0 Å². The summed E-state index contributed by atoms with van der Waals surface area (Å²) >= 11 is 3.48. The molecule has 9 nitrogen and oxygen atoms in total. The third kappa shape index (κ3) is 8.23. The molecule has 1 atom stereocenters. The third-order valence-electron chi connectivity index (χ3n) is 6.52. The van der Waals surface area contributed by atoms with E-state index in [9.17, 15) is 18.0 Å². The van der Waals surface area contributed by atoms with E-state index in [0.717, 1.165) is 26.2 Å². The van der Waals surface area contributed by atoms with Crippen molar-refractivity contribution in [3.05, 3.63) is 88.4 Å². The van der Waals surface area contributed by atoms with Crippen LogP contribution in [0.25, 0.3) is 0 Å². The molecule has 0 aliphatic carbocycles. The fourth-order valence-corrected chi connectivity index (χ4v) is 5.75. The van der Waals surface area contributed by atoms with E-state index in [1.807, 2.05) is 68.4 Å². The van der Waals surface area contributed by atoms with Gasteiger partial charge in [-0.3, -0.25) is 13.9 Å². The van der Waals surface area contributed by atoms with Crippen molar-refractivity contribution in [2.45, 2.75) is 32.9 Å². The molecular formula is C30H34BrN3O6S. The Labute approximate surface area is 249 Å². The largest absolute Gasteiger partial charge is 0.454 e. The Kier molecular flexibility index (Phi) is 9.93. The van der Waals surface area contributed by atoms with E-state index in [1.165, 1.54) is 11.0 Å². The predicted octanol–water partition coefficient (Wildman–Crippen LogP) is 4.36. The van der Waals surface area contributed by atoms with Crippen LogP contribution in [-0.4, -0.2) is 57.3 Å². The number of sulfonamides is 1. The minimum Gasteiger partial charge on any atom is -0.454 e. The van der Waals surface area contributed by atoms with Crippen LogP contribution in [0.1, 0.15) is 25.0 Å². The first-order valence-corrected chi connectivity index (χ1v) is 15.9. The lowest BCUT2D eigenvalue weighted by atomic mass is 10.0. The van der Waals surface area contributed by atoms with Crippen LogP contribution in [-0.2, 0) is 32.6 Å². The number of halogens is 1. The molecule has 0 bridgehead atoms. The summed E-state index contributed by atoms with van der Waals surface area (Å²) in [6.45, 7) is 4.05. The lowest BCUT2D eigenvalue weighted by Crippen LogP contribution is -2.53. The minimum atomic E-state index is -3.89. The minimum absolute atomic E-state index is 0.0314. The number of hydrogen-bond donors (Lipinski definition) is 1. The molecule has 0 radical (unpaired) electrons. The number of benzene rings is 3. The SMILES string of the molecule is CC(C)CNC(=O)[C@@H](Cc1ccccc1)N(Cc1cccc(Br)c1)C(=O)CN(c1ccc2c(c1)OCO2)S(C)(=O)=O. The van der Waals surface area contributed by atoms with Gasteiger partial charge < -0.3 is 19.7 Å². The summed E-state index contributed by atoms with van der Waals surface area (Å²) in [7, 11) is -3.89. The van der Waals surface area contributed by atoms with E-state index >= 15 is 0 Å². The van der Waals surface area contributed by atoms with E-state index in [4.69, 9.17) is 9.47 Å². The average molecular weight is 645 g/mol. The summed E-state index contributed by atoms with van der Waals surface area (Å²) in [5.41, 5.74) is 1.92. The summed E-state index contributed by atoms with van der Waals surface area (Å²) < 4.78 is 38.6. The topological polar surface area (TPSA) is 105 Å². The van der Waals surface area contributed by atoms with Crippen molar-refractivity contribution in [2.24, 2.45) is 5.92 Å². The molecule has 2 amide bonds. The standard InChI is InChI=1S/C30H34BrN3O6S/c1-21(2)17-32-30(36)26(15-22-8-5-4-6-9-22)33(18-23-10-7-11-24(31)14-23)29(35)19-34(41(3,37)38)25-12-13-27-28(16-25)40-20-39-27/h4-14,16,21,26H,15,17-20H2,1-3H3,(H,32,36)/t26-/m1/s1. The molecule has 0 saturated carbocycles. The molecule has 0 saturated heterocycles. The first kappa shape index (κ1) is 30.4. The lowest BCUT2D eigenvalue weighted by molar-refractivity contribution is -0.140. The van der Waals surface area contributed by atoms with Crippen LogP contribution in [0.15, 0.2) is 77.3 Å². The summed E-state index contributed by atoms with van der Waals surface area (Å²) in [4.78, 5) is 29.3. The number of rotatable bonds is 12. The first-order chi connectivity index (χ1) is 19.5. The van der Waals surface area contributed by atoms with Gasteiger partial charge in [-0.1, -0.05) is 72.2 Å². The number of nitrogens with one attached hydrogen (secondary N) is 1. The molecule has 1 aliphatic heterocycles. The molecule has 0 spiro atoms. The van der Waals surface area contributed by atoms with E-state index in [-0.39, 0.29) is 37.3 Å². The van der Waals surface area contributed by atoms with Gasteiger partial charge >= 0.3 is 0 Å². The van der Waals surface area contributed by atoms with Gasteiger partial charge in [-0.05, 0) is 41.3 Å². The van der Waals surface area contributed by atoms with Gasteiger partial charge in [-0.25, -0.2) is 8.42 Å². The molecule has 0 aromatic heterocycles. The highest BCUT2D eigenvalue weighted by Gasteiger charge is 2.33. The number of hydrogen-bond acceptors (Lipinski definition) is 6. The number of amides is 2. The molecular weight excluding hydrogens is 610 g/mol. The van der Waals surface area contributed by atoms with Gasteiger partial charge in [-0.15, -0.1) is 0 Å². The Bertz CT molecular complexity index is 1480. The number of fused-ring (bicyclic) bond motifs is 1. The van der Waals surface area contributed by atoms with Crippen LogP contribution in [0.5, 0.6) is 11.5 Å². The van der Waals surface area contributed by atoms with Crippen LogP contribution < -0.4 is 19.1 Å². The molecule has 0 unspecified atom stereocenters. The predicted molar refractivity (Wildman–Crippen MR) is 161 cm³/mol. The number of ether oxygens (including phenoxy) is 2. The fraction of sp³-hybridized carbons (Fsp3) is 0.333. The van der Waals surface area contributed by atoms with Crippen molar-refractivity contribution in [2.75, 3.05) is 30.4 Å². The van der Waals surface area contributed by atoms with Gasteiger partial charge in [0.05, 0.1) is 11.9 Å². The number of carbonyl (C=O) groups is 2. The molecule has 3 aromatic carbocycles. The van der Waals surface area contributed by atoms with Crippen molar-refractivity contribution < 1.29 is 27.5 Å². The second-order valence-corrected chi connectivity index (χ2v) is 13.1. The Balaban J connectivity index is 1.72. The second kappa shape index (κ2) is 13.4. The lowest BCUT2D eigenvalue weighted by Gasteiger charge is -2.33. The van der Waals surface area contributed by atoms with Crippen molar-refractivity contribution in [1.82, 2.24) is 10.2 Å². The molecule has 0 fully saturated rings. The quantitative estimate of drug-likeness (QED) is 0.315. The van der Waals surface area contributed by atoms with Crippen molar-refractivity contribution in [3.63, 3.8) is 0 Å². The van der Waals surface area contributed by atoms with Gasteiger partial charge in [0.15, 0.2) is 11.5 Å². The zero-order valence-corrected chi connectivity index (χ0v) is 25.7. The van der Waals surface area contributed by atoms with Crippen molar-refractivity contribution >= 4 is 43.5 Å². The van der Waals surface area contributed by atoms with E-state index in [1.54, 1.807) is 12.1 Å². The number of nitrogens with zero attached hydrogens (tertiary/aromatic N) is 2. The Morgan fingerprint density at radius 3 is 2.34 bits per heavy atom. The summed E-state index contributed by atoms with van der Waals surface area (Å²) in [5.74, 6) is 0.269. The highest BCUT2D eigenvalue weighted by molar-refractivity contribution is 9.10. The zero-order valence-electron chi connectivity index (χ0n) is 23.2. The van der Waals surface area contributed by atoms with Crippen molar-refractivity contribution in [1.29, 1.82) is 0 Å². The monoisotopic (exact) mass is 643 g/mol. The maximum atomic E-state index is 14.1. The van der Waals surface area contributed by atoms with E-state index in [0.29, 0.717) is 18.0 Å². The van der Waals surface area contributed by atoms with Crippen LogP contribution in [0, 0.1) is 5.92 Å². The van der Waals surface area contributed by atoms with Gasteiger partial charge in [0.1, 0.15) is 12.6 Å². The maximum absolute atomic E-state index is 14.1. The van der Waals surface area contributed by atoms with E-state index in [2.05, 4.69) is 21.2 Å². The average Bonchev–Trinajstić information content (AvgIpc) is 3.40. The Hall–Kier alpha value is -3.57. The molecule has 1 aliphatic rings. The smallest absolute Gasteiger partial charge is 0.244 e. The third-order valence-corrected chi connectivity index (χ3v) is 8.15. The van der Waals surface area contributed by atoms with Crippen LogP contribution in [0.2, 0.25) is 0 Å². The van der Waals surface area contributed by atoms with Crippen LogP contribution >= 0.6 is 15.9 Å². The molecule has 218 valence electrons. The van der Waals surface area contributed by atoms with Gasteiger partial charge in [0.2, 0.25) is 28.6 Å². The number of anilines is 1. The summed E-state index contributed by atoms with van der Waals surface area (Å²) in [5, 5.41) is 2.97. The molecule has 11 heteroatoms. The van der Waals surface area contributed by atoms with E-state index < -0.39 is 28.5 Å². The van der Waals surface area contributed by atoms with Gasteiger partial charge in [0, 0.05) is 30.0 Å². The highest BCUT2D eigenvalue weighted by Crippen LogP contribution is 2.36. The first-order valence-electron chi connectivity index (χ1n) is 13.2. The molecule has 41 heavy (non-hydrogen) atoms. The van der Waals surface area contributed by atoms with Gasteiger partial charge in [0.25, 0.3) is 0 Å². The maximum Gasteiger partial charge on any atom is 0.244 e.